The summed E-state index contributed by atoms with van der Waals surface area (Å²) in [5.41, 5.74) is 6.13. The van der Waals surface area contributed by atoms with Gasteiger partial charge in [0.15, 0.2) is 0 Å². The van der Waals surface area contributed by atoms with Gasteiger partial charge in [-0.1, -0.05) is 6.08 Å². The number of aromatic nitrogens is 2. The fourth-order valence-electron chi connectivity index (χ4n) is 0.780. The Hall–Kier alpha value is -1.42. The number of ether oxygens (including phenoxy) is 1. The lowest BCUT2D eigenvalue weighted by molar-refractivity contribution is 0.308. The van der Waals surface area contributed by atoms with Crippen LogP contribution in [0.1, 0.15) is 12.1 Å². The van der Waals surface area contributed by atoms with Crippen LogP contribution in [-0.2, 0) is 6.54 Å². The third kappa shape index (κ3) is 3.21. The topological polar surface area (TPSA) is 61.0 Å². The molecule has 1 heterocycles. The van der Waals surface area contributed by atoms with Crippen LogP contribution in [-0.4, -0.2) is 16.8 Å². The van der Waals surface area contributed by atoms with E-state index in [0.717, 1.165) is 12.1 Å². The van der Waals surface area contributed by atoms with Gasteiger partial charge >= 0.3 is 0 Å². The zero-order chi connectivity index (χ0) is 9.52. The molecule has 0 aliphatic rings. The number of hydrogen-bond acceptors (Lipinski definition) is 4. The average molecular weight is 179 g/mol. The largest absolute Gasteiger partial charge is 0.476 e. The minimum absolute atomic E-state index is 0.403. The first-order valence-electron chi connectivity index (χ1n) is 4.13. The van der Waals surface area contributed by atoms with Gasteiger partial charge in [0.2, 0.25) is 5.88 Å². The first-order valence-corrected chi connectivity index (χ1v) is 4.13. The van der Waals surface area contributed by atoms with Crippen molar-refractivity contribution in [3.63, 3.8) is 0 Å². The normalized spacial score (nSPS) is 9.62. The highest BCUT2D eigenvalue weighted by Gasteiger charge is 1.95. The lowest BCUT2D eigenvalue weighted by atomic mass is 10.4. The van der Waals surface area contributed by atoms with Crippen molar-refractivity contribution >= 4 is 0 Å². The molecule has 0 fully saturated rings. The molecule has 1 rings (SSSR count). The highest BCUT2D eigenvalue weighted by atomic mass is 16.5. The SMILES string of the molecule is C=CCCOc1ccc(CN)nn1. The molecule has 0 bridgehead atoms. The molecule has 0 saturated carbocycles. The Morgan fingerprint density at radius 1 is 1.46 bits per heavy atom. The molecule has 0 aliphatic heterocycles. The Labute approximate surface area is 77.4 Å². The molecule has 0 radical (unpaired) electrons. The first kappa shape index (κ1) is 9.67. The van der Waals surface area contributed by atoms with E-state index < -0.39 is 0 Å². The molecule has 4 nitrogen and oxygen atoms in total. The molecule has 0 atom stereocenters. The summed E-state index contributed by atoms with van der Waals surface area (Å²) >= 11 is 0. The van der Waals surface area contributed by atoms with Crippen LogP contribution >= 0.6 is 0 Å². The van der Waals surface area contributed by atoms with Crippen molar-refractivity contribution in [1.29, 1.82) is 0 Å². The van der Waals surface area contributed by atoms with Crippen molar-refractivity contribution in [1.82, 2.24) is 10.2 Å². The third-order valence-electron chi connectivity index (χ3n) is 1.48. The average Bonchev–Trinajstić information content (AvgIpc) is 2.19. The summed E-state index contributed by atoms with van der Waals surface area (Å²) in [6, 6.07) is 3.56. The Morgan fingerprint density at radius 2 is 2.31 bits per heavy atom. The summed E-state index contributed by atoms with van der Waals surface area (Å²) in [7, 11) is 0. The summed E-state index contributed by atoms with van der Waals surface area (Å²) in [5, 5.41) is 7.68. The van der Waals surface area contributed by atoms with Crippen molar-refractivity contribution in [2.45, 2.75) is 13.0 Å². The smallest absolute Gasteiger partial charge is 0.233 e. The van der Waals surface area contributed by atoms with Gasteiger partial charge in [-0.15, -0.1) is 11.7 Å². The van der Waals surface area contributed by atoms with E-state index >= 15 is 0 Å². The minimum Gasteiger partial charge on any atom is -0.476 e. The predicted molar refractivity (Wildman–Crippen MR) is 50.2 cm³/mol. The van der Waals surface area contributed by atoms with E-state index in [1.165, 1.54) is 0 Å². The Bertz CT molecular complexity index is 258. The van der Waals surface area contributed by atoms with Crippen LogP contribution in [0.25, 0.3) is 0 Å². The van der Waals surface area contributed by atoms with E-state index in [0.29, 0.717) is 19.0 Å². The molecule has 1 aromatic rings. The van der Waals surface area contributed by atoms with Crippen LogP contribution in [0.15, 0.2) is 24.8 Å². The fraction of sp³-hybridized carbons (Fsp3) is 0.333. The molecule has 4 heteroatoms. The molecule has 0 aromatic carbocycles. The van der Waals surface area contributed by atoms with Crippen LogP contribution < -0.4 is 10.5 Å². The summed E-state index contributed by atoms with van der Waals surface area (Å²) in [6.07, 6.45) is 2.60. The molecule has 0 aliphatic carbocycles. The molecule has 70 valence electrons. The van der Waals surface area contributed by atoms with Gasteiger partial charge in [0, 0.05) is 12.6 Å². The van der Waals surface area contributed by atoms with Crippen LogP contribution in [0.2, 0.25) is 0 Å². The van der Waals surface area contributed by atoms with E-state index in [9.17, 15) is 0 Å². The van der Waals surface area contributed by atoms with Gasteiger partial charge in [0.25, 0.3) is 0 Å². The highest BCUT2D eigenvalue weighted by molar-refractivity contribution is 5.11. The molecular formula is C9H13N3O. The standard InChI is InChI=1S/C9H13N3O/c1-2-3-6-13-9-5-4-8(7-10)11-12-9/h2,4-5H,1,3,6-7,10H2. The maximum Gasteiger partial charge on any atom is 0.233 e. The maximum absolute atomic E-state index is 5.36. The molecule has 0 unspecified atom stereocenters. The van der Waals surface area contributed by atoms with E-state index in [2.05, 4.69) is 16.8 Å². The van der Waals surface area contributed by atoms with E-state index in [1.807, 2.05) is 0 Å². The zero-order valence-corrected chi connectivity index (χ0v) is 7.44. The second-order valence-electron chi connectivity index (χ2n) is 2.49. The van der Waals surface area contributed by atoms with Crippen molar-refractivity contribution in [2.75, 3.05) is 6.61 Å². The van der Waals surface area contributed by atoms with Gasteiger partial charge in [-0.25, -0.2) is 0 Å². The second-order valence-corrected chi connectivity index (χ2v) is 2.49. The molecule has 0 saturated heterocycles. The molecule has 0 spiro atoms. The molecule has 1 aromatic heterocycles. The van der Waals surface area contributed by atoms with Gasteiger partial charge in [-0.05, 0) is 12.5 Å². The Balaban J connectivity index is 2.44. The maximum atomic E-state index is 5.36. The van der Waals surface area contributed by atoms with Gasteiger partial charge < -0.3 is 10.5 Å². The summed E-state index contributed by atoms with van der Waals surface area (Å²) in [5.74, 6) is 0.527. The monoisotopic (exact) mass is 179 g/mol. The van der Waals surface area contributed by atoms with Crippen molar-refractivity contribution in [3.05, 3.63) is 30.5 Å². The molecule has 0 amide bonds. The van der Waals surface area contributed by atoms with Crippen LogP contribution in [0.4, 0.5) is 0 Å². The summed E-state index contributed by atoms with van der Waals surface area (Å²) in [6.45, 7) is 4.57. The van der Waals surface area contributed by atoms with Crippen molar-refractivity contribution < 1.29 is 4.74 Å². The van der Waals surface area contributed by atoms with E-state index in [4.69, 9.17) is 10.5 Å². The summed E-state index contributed by atoms with van der Waals surface area (Å²) < 4.78 is 5.26. The van der Waals surface area contributed by atoms with Crippen molar-refractivity contribution in [3.8, 4) is 5.88 Å². The molecular weight excluding hydrogens is 166 g/mol. The second kappa shape index (κ2) is 5.27. The quantitative estimate of drug-likeness (QED) is 0.538. The van der Waals surface area contributed by atoms with E-state index in [-0.39, 0.29) is 0 Å². The van der Waals surface area contributed by atoms with Crippen LogP contribution in [0.3, 0.4) is 0 Å². The number of nitrogens with two attached hydrogens (primary N) is 1. The number of nitrogens with zero attached hydrogens (tertiary/aromatic N) is 2. The van der Waals surface area contributed by atoms with Crippen LogP contribution in [0.5, 0.6) is 5.88 Å². The van der Waals surface area contributed by atoms with Crippen LogP contribution in [0, 0.1) is 0 Å². The highest BCUT2D eigenvalue weighted by Crippen LogP contribution is 2.04. The minimum atomic E-state index is 0.403. The molecule has 13 heavy (non-hydrogen) atoms. The zero-order valence-electron chi connectivity index (χ0n) is 7.44. The van der Waals surface area contributed by atoms with Gasteiger partial charge in [0.05, 0.1) is 12.3 Å². The van der Waals surface area contributed by atoms with Gasteiger partial charge in [-0.2, -0.15) is 5.10 Å². The Kier molecular flexibility index (Phi) is 3.92. The lowest BCUT2D eigenvalue weighted by Gasteiger charge is -2.02. The molecule has 2 N–H and O–H groups in total. The Morgan fingerprint density at radius 3 is 2.85 bits per heavy atom. The van der Waals surface area contributed by atoms with Gasteiger partial charge in [0.1, 0.15) is 0 Å². The first-order chi connectivity index (χ1) is 6.36. The van der Waals surface area contributed by atoms with Gasteiger partial charge in [-0.3, -0.25) is 0 Å². The lowest BCUT2D eigenvalue weighted by Crippen LogP contribution is -2.03. The number of hydrogen-bond donors (Lipinski definition) is 1. The predicted octanol–water partition coefficient (Wildman–Crippen LogP) is 0.890. The van der Waals surface area contributed by atoms with E-state index in [1.54, 1.807) is 18.2 Å². The number of rotatable bonds is 5. The summed E-state index contributed by atoms with van der Waals surface area (Å²) in [4.78, 5) is 0. The van der Waals surface area contributed by atoms with Crippen molar-refractivity contribution in [2.24, 2.45) is 5.73 Å². The third-order valence-corrected chi connectivity index (χ3v) is 1.48. The fourth-order valence-corrected chi connectivity index (χ4v) is 0.780.